The van der Waals surface area contributed by atoms with Crippen molar-refractivity contribution in [1.82, 2.24) is 9.80 Å². The van der Waals surface area contributed by atoms with Crippen molar-refractivity contribution in [3.63, 3.8) is 0 Å². The number of benzene rings is 1. The van der Waals surface area contributed by atoms with Crippen LogP contribution in [0.15, 0.2) is 35.7 Å². The fourth-order valence-electron chi connectivity index (χ4n) is 2.57. The summed E-state index contributed by atoms with van der Waals surface area (Å²) < 4.78 is 0. The molecule has 1 aliphatic heterocycles. The van der Waals surface area contributed by atoms with Crippen molar-refractivity contribution in [1.29, 1.82) is 0 Å². The van der Waals surface area contributed by atoms with Crippen LogP contribution in [0.5, 0.6) is 0 Å². The zero-order valence-corrected chi connectivity index (χ0v) is 15.0. The molecule has 2 amide bonds. The third-order valence-corrected chi connectivity index (χ3v) is 4.60. The first-order chi connectivity index (χ1) is 12.0. The van der Waals surface area contributed by atoms with Gasteiger partial charge in [-0.1, -0.05) is 37.3 Å². The van der Waals surface area contributed by atoms with E-state index in [9.17, 15) is 14.4 Å². The topological polar surface area (TPSA) is 77.9 Å². The highest BCUT2D eigenvalue weighted by Crippen LogP contribution is 2.28. The number of rotatable bonds is 8. The van der Waals surface area contributed by atoms with Gasteiger partial charge in [0.15, 0.2) is 0 Å². The SMILES string of the molecule is CCCN(CCC(=O)O)C(=O)CN1C(=O)CSC=C1c1ccccc1. The van der Waals surface area contributed by atoms with Crippen molar-refractivity contribution in [3.8, 4) is 0 Å². The summed E-state index contributed by atoms with van der Waals surface area (Å²) in [5, 5.41) is 10.7. The molecule has 1 aliphatic rings. The van der Waals surface area contributed by atoms with E-state index >= 15 is 0 Å². The van der Waals surface area contributed by atoms with E-state index in [1.54, 1.807) is 0 Å². The van der Waals surface area contributed by atoms with Crippen LogP contribution in [0.3, 0.4) is 0 Å². The smallest absolute Gasteiger partial charge is 0.305 e. The van der Waals surface area contributed by atoms with Crippen LogP contribution in [0.4, 0.5) is 0 Å². The van der Waals surface area contributed by atoms with Crippen LogP contribution in [0.25, 0.3) is 5.70 Å². The quantitative estimate of drug-likeness (QED) is 0.768. The zero-order chi connectivity index (χ0) is 18.2. The fourth-order valence-corrected chi connectivity index (χ4v) is 3.37. The number of carbonyl (C=O) groups excluding carboxylic acids is 2. The number of aliphatic carboxylic acids is 1. The molecule has 1 aromatic rings. The van der Waals surface area contributed by atoms with E-state index in [0.717, 1.165) is 12.0 Å². The molecule has 0 bridgehead atoms. The van der Waals surface area contributed by atoms with Gasteiger partial charge in [0.05, 0.1) is 17.9 Å². The van der Waals surface area contributed by atoms with E-state index in [1.807, 2.05) is 42.7 Å². The lowest BCUT2D eigenvalue weighted by atomic mass is 10.1. The molecule has 1 N–H and O–H groups in total. The van der Waals surface area contributed by atoms with E-state index in [-0.39, 0.29) is 31.3 Å². The monoisotopic (exact) mass is 362 g/mol. The molecule has 0 saturated heterocycles. The molecule has 134 valence electrons. The number of hydrogen-bond donors (Lipinski definition) is 1. The largest absolute Gasteiger partial charge is 0.481 e. The number of amides is 2. The van der Waals surface area contributed by atoms with Crippen LogP contribution in [-0.2, 0) is 14.4 Å². The Morgan fingerprint density at radius 2 is 1.96 bits per heavy atom. The lowest BCUT2D eigenvalue weighted by molar-refractivity contribution is -0.140. The second kappa shape index (κ2) is 9.27. The van der Waals surface area contributed by atoms with Crippen LogP contribution in [0.2, 0.25) is 0 Å². The van der Waals surface area contributed by atoms with Crippen molar-refractivity contribution in [2.24, 2.45) is 0 Å². The molecule has 2 rings (SSSR count). The van der Waals surface area contributed by atoms with E-state index in [4.69, 9.17) is 5.11 Å². The van der Waals surface area contributed by atoms with Crippen LogP contribution >= 0.6 is 11.8 Å². The number of nitrogens with zero attached hydrogens (tertiary/aromatic N) is 2. The Labute approximate surface area is 151 Å². The fraction of sp³-hybridized carbons (Fsp3) is 0.389. The van der Waals surface area contributed by atoms with Gasteiger partial charge in [-0.15, -0.1) is 11.8 Å². The minimum atomic E-state index is -0.941. The molecular formula is C18H22N2O4S. The highest BCUT2D eigenvalue weighted by atomic mass is 32.2. The summed E-state index contributed by atoms with van der Waals surface area (Å²) in [5.41, 5.74) is 1.59. The minimum Gasteiger partial charge on any atom is -0.481 e. The second-order valence-corrected chi connectivity index (χ2v) is 6.54. The van der Waals surface area contributed by atoms with E-state index in [1.165, 1.54) is 21.6 Å². The van der Waals surface area contributed by atoms with E-state index in [0.29, 0.717) is 18.0 Å². The standard InChI is InChI=1S/C18H22N2O4S/c1-2-9-19(10-8-18(23)24)16(21)11-20-15(12-25-13-17(20)22)14-6-4-3-5-7-14/h3-7,12H,2,8-11,13H2,1H3,(H,23,24). The number of thioether (sulfide) groups is 1. The molecule has 6 nitrogen and oxygen atoms in total. The predicted octanol–water partition coefficient (Wildman–Crippen LogP) is 2.27. The Bertz CT molecular complexity index is 660. The maximum absolute atomic E-state index is 12.6. The molecule has 0 atom stereocenters. The molecule has 7 heteroatoms. The molecular weight excluding hydrogens is 340 g/mol. The van der Waals surface area contributed by atoms with Gasteiger partial charge in [0.2, 0.25) is 11.8 Å². The summed E-state index contributed by atoms with van der Waals surface area (Å²) in [6.07, 6.45) is 0.632. The van der Waals surface area contributed by atoms with E-state index < -0.39 is 5.97 Å². The molecule has 25 heavy (non-hydrogen) atoms. The summed E-state index contributed by atoms with van der Waals surface area (Å²) in [6, 6.07) is 9.46. The first-order valence-electron chi connectivity index (χ1n) is 8.20. The minimum absolute atomic E-state index is 0.0697. The van der Waals surface area contributed by atoms with Gasteiger partial charge >= 0.3 is 5.97 Å². The maximum Gasteiger partial charge on any atom is 0.305 e. The number of hydrogen-bond acceptors (Lipinski definition) is 4. The summed E-state index contributed by atoms with van der Waals surface area (Å²) in [4.78, 5) is 38.8. The van der Waals surface area contributed by atoms with Crippen molar-refractivity contribution in [2.45, 2.75) is 19.8 Å². The van der Waals surface area contributed by atoms with Gasteiger partial charge in [0.1, 0.15) is 6.54 Å². The molecule has 0 saturated carbocycles. The Balaban J connectivity index is 2.14. The third-order valence-electron chi connectivity index (χ3n) is 3.80. The molecule has 0 unspecified atom stereocenters. The summed E-state index contributed by atoms with van der Waals surface area (Å²) >= 11 is 1.41. The first kappa shape index (κ1) is 19.1. The zero-order valence-electron chi connectivity index (χ0n) is 14.2. The Morgan fingerprint density at radius 3 is 2.60 bits per heavy atom. The van der Waals surface area contributed by atoms with Crippen LogP contribution in [-0.4, -0.2) is 58.1 Å². The average Bonchev–Trinajstić information content (AvgIpc) is 2.60. The van der Waals surface area contributed by atoms with Gasteiger partial charge in [-0.05, 0) is 17.4 Å². The molecule has 0 aromatic heterocycles. The molecule has 0 fully saturated rings. The van der Waals surface area contributed by atoms with Gasteiger partial charge < -0.3 is 14.9 Å². The second-order valence-electron chi connectivity index (χ2n) is 5.68. The molecule has 0 spiro atoms. The first-order valence-corrected chi connectivity index (χ1v) is 9.25. The van der Waals surface area contributed by atoms with Crippen molar-refractivity contribution in [3.05, 3.63) is 41.3 Å². The van der Waals surface area contributed by atoms with Crippen LogP contribution in [0.1, 0.15) is 25.3 Å². The normalized spacial score (nSPS) is 14.2. The van der Waals surface area contributed by atoms with Crippen molar-refractivity contribution < 1.29 is 19.5 Å². The summed E-state index contributed by atoms with van der Waals surface area (Å²) in [5.74, 6) is -0.990. The lowest BCUT2D eigenvalue weighted by Crippen LogP contribution is -2.44. The van der Waals surface area contributed by atoms with Gasteiger partial charge in [-0.2, -0.15) is 0 Å². The predicted molar refractivity (Wildman–Crippen MR) is 97.7 cm³/mol. The number of carboxylic acid groups (broad SMARTS) is 1. The molecule has 1 heterocycles. The van der Waals surface area contributed by atoms with E-state index in [2.05, 4.69) is 0 Å². The maximum atomic E-state index is 12.6. The number of carboxylic acids is 1. The van der Waals surface area contributed by atoms with Crippen molar-refractivity contribution in [2.75, 3.05) is 25.4 Å². The Kier molecular flexibility index (Phi) is 7.06. The van der Waals surface area contributed by atoms with Gasteiger partial charge in [-0.3, -0.25) is 14.4 Å². The highest BCUT2D eigenvalue weighted by Gasteiger charge is 2.27. The lowest BCUT2D eigenvalue weighted by Gasteiger charge is -2.31. The van der Waals surface area contributed by atoms with Crippen molar-refractivity contribution >= 4 is 35.2 Å². The summed E-state index contributed by atoms with van der Waals surface area (Å²) in [6.45, 7) is 2.50. The summed E-state index contributed by atoms with van der Waals surface area (Å²) in [7, 11) is 0. The molecule has 1 aromatic carbocycles. The van der Waals surface area contributed by atoms with Gasteiger partial charge in [0.25, 0.3) is 0 Å². The molecule has 0 radical (unpaired) electrons. The average molecular weight is 362 g/mol. The highest BCUT2D eigenvalue weighted by molar-refractivity contribution is 8.03. The number of carbonyl (C=O) groups is 3. The molecule has 0 aliphatic carbocycles. The third kappa shape index (κ3) is 5.35. The van der Waals surface area contributed by atoms with Gasteiger partial charge in [0, 0.05) is 13.1 Å². The van der Waals surface area contributed by atoms with Gasteiger partial charge in [-0.25, -0.2) is 0 Å². The van der Waals surface area contributed by atoms with Crippen LogP contribution in [0, 0.1) is 0 Å². The Hall–Kier alpha value is -2.28. The Morgan fingerprint density at radius 1 is 1.24 bits per heavy atom. The van der Waals surface area contributed by atoms with Crippen LogP contribution < -0.4 is 0 Å².